The molecule has 4 N–H and O–H groups in total. The summed E-state index contributed by atoms with van der Waals surface area (Å²) in [5.41, 5.74) is 6.79. The first kappa shape index (κ1) is 18.4. The second-order valence-electron chi connectivity index (χ2n) is 4.74. The minimum atomic E-state index is -0.644. The molecular formula is C14H22ClN3O2. The van der Waals surface area contributed by atoms with Gasteiger partial charge in [0.2, 0.25) is 11.8 Å². The molecule has 1 aromatic carbocycles. The fourth-order valence-electron chi connectivity index (χ4n) is 1.63. The average Bonchev–Trinajstić information content (AvgIpc) is 2.36. The van der Waals surface area contributed by atoms with Crippen molar-refractivity contribution in [1.29, 1.82) is 0 Å². The maximum absolute atomic E-state index is 11.7. The molecule has 0 bridgehead atoms. The Kier molecular flexibility index (Phi) is 8.59. The summed E-state index contributed by atoms with van der Waals surface area (Å²) in [6, 6.07) is 8.95. The van der Waals surface area contributed by atoms with Crippen LogP contribution >= 0.6 is 12.4 Å². The van der Waals surface area contributed by atoms with E-state index in [4.69, 9.17) is 5.73 Å². The summed E-state index contributed by atoms with van der Waals surface area (Å²) in [6.45, 7) is 3.68. The Morgan fingerprint density at radius 1 is 1.20 bits per heavy atom. The Bertz CT molecular complexity index is 424. The molecule has 0 heterocycles. The molecule has 0 aliphatic rings. The SMILES string of the molecule is CC(C)NC(=O)CNC(=O)[C@@H](N)Cc1ccccc1.Cl. The van der Waals surface area contributed by atoms with Crippen LogP contribution in [0, 0.1) is 0 Å². The van der Waals surface area contributed by atoms with Crippen LogP contribution in [0.4, 0.5) is 0 Å². The fourth-order valence-corrected chi connectivity index (χ4v) is 1.63. The van der Waals surface area contributed by atoms with Crippen molar-refractivity contribution >= 4 is 24.2 Å². The van der Waals surface area contributed by atoms with Gasteiger partial charge in [-0.25, -0.2) is 0 Å². The number of nitrogens with two attached hydrogens (primary N) is 1. The summed E-state index contributed by atoms with van der Waals surface area (Å²) in [5, 5.41) is 5.22. The summed E-state index contributed by atoms with van der Waals surface area (Å²) in [5.74, 6) is -0.530. The summed E-state index contributed by atoms with van der Waals surface area (Å²) in [4.78, 5) is 23.1. The van der Waals surface area contributed by atoms with Crippen LogP contribution in [0.25, 0.3) is 0 Å². The van der Waals surface area contributed by atoms with Crippen LogP contribution in [0.3, 0.4) is 0 Å². The largest absolute Gasteiger partial charge is 0.352 e. The molecule has 0 aliphatic heterocycles. The zero-order valence-corrected chi connectivity index (χ0v) is 12.6. The first-order chi connectivity index (χ1) is 8.99. The van der Waals surface area contributed by atoms with E-state index in [0.717, 1.165) is 5.56 Å². The Labute approximate surface area is 125 Å². The highest BCUT2D eigenvalue weighted by Crippen LogP contribution is 2.01. The Morgan fingerprint density at radius 2 is 1.80 bits per heavy atom. The van der Waals surface area contributed by atoms with Gasteiger partial charge in [0.1, 0.15) is 0 Å². The molecule has 0 unspecified atom stereocenters. The first-order valence-corrected chi connectivity index (χ1v) is 6.35. The molecule has 1 rings (SSSR count). The number of hydrogen-bond acceptors (Lipinski definition) is 3. The number of amides is 2. The van der Waals surface area contributed by atoms with Crippen molar-refractivity contribution in [1.82, 2.24) is 10.6 Å². The minimum absolute atomic E-state index is 0. The maximum atomic E-state index is 11.7. The van der Waals surface area contributed by atoms with Crippen molar-refractivity contribution < 1.29 is 9.59 Å². The molecule has 0 saturated carbocycles. The fraction of sp³-hybridized carbons (Fsp3) is 0.429. The van der Waals surface area contributed by atoms with Crippen molar-refractivity contribution in [3.8, 4) is 0 Å². The van der Waals surface area contributed by atoms with Gasteiger partial charge in [0.25, 0.3) is 0 Å². The van der Waals surface area contributed by atoms with Gasteiger partial charge in [0.05, 0.1) is 12.6 Å². The number of halogens is 1. The second kappa shape index (κ2) is 9.34. The molecular weight excluding hydrogens is 278 g/mol. The minimum Gasteiger partial charge on any atom is -0.352 e. The van der Waals surface area contributed by atoms with Crippen molar-refractivity contribution in [3.05, 3.63) is 35.9 Å². The number of rotatable bonds is 6. The standard InChI is InChI=1S/C14H21N3O2.ClH/c1-10(2)17-13(18)9-16-14(19)12(15)8-11-6-4-3-5-7-11;/h3-7,10,12H,8-9,15H2,1-2H3,(H,16,19)(H,17,18);1H/t12-;/m0./s1. The molecule has 0 saturated heterocycles. The van der Waals surface area contributed by atoms with E-state index in [1.165, 1.54) is 0 Å². The van der Waals surface area contributed by atoms with E-state index in [1.54, 1.807) is 0 Å². The molecule has 20 heavy (non-hydrogen) atoms. The van der Waals surface area contributed by atoms with Crippen LogP contribution in [-0.4, -0.2) is 30.4 Å². The van der Waals surface area contributed by atoms with Crippen LogP contribution < -0.4 is 16.4 Å². The van der Waals surface area contributed by atoms with Gasteiger partial charge in [-0.05, 0) is 25.8 Å². The van der Waals surface area contributed by atoms with E-state index < -0.39 is 6.04 Å². The molecule has 0 spiro atoms. The van der Waals surface area contributed by atoms with Gasteiger partial charge in [-0.1, -0.05) is 30.3 Å². The molecule has 6 heteroatoms. The van der Waals surface area contributed by atoms with E-state index in [-0.39, 0.29) is 36.8 Å². The summed E-state index contributed by atoms with van der Waals surface area (Å²) < 4.78 is 0. The number of benzene rings is 1. The number of nitrogens with one attached hydrogen (secondary N) is 2. The zero-order valence-electron chi connectivity index (χ0n) is 11.8. The Hall–Kier alpha value is -1.59. The number of carbonyl (C=O) groups excluding carboxylic acids is 2. The smallest absolute Gasteiger partial charge is 0.239 e. The summed E-state index contributed by atoms with van der Waals surface area (Å²) in [7, 11) is 0. The first-order valence-electron chi connectivity index (χ1n) is 6.35. The predicted molar refractivity (Wildman–Crippen MR) is 81.7 cm³/mol. The van der Waals surface area contributed by atoms with Crippen LogP contribution in [0.5, 0.6) is 0 Å². The highest BCUT2D eigenvalue weighted by Gasteiger charge is 2.14. The molecule has 5 nitrogen and oxygen atoms in total. The predicted octanol–water partition coefficient (Wildman–Crippen LogP) is 0.619. The zero-order chi connectivity index (χ0) is 14.3. The lowest BCUT2D eigenvalue weighted by Gasteiger charge is -2.13. The van der Waals surface area contributed by atoms with Crippen molar-refractivity contribution in [2.45, 2.75) is 32.4 Å². The third-order valence-corrected chi connectivity index (χ3v) is 2.51. The lowest BCUT2D eigenvalue weighted by Crippen LogP contribution is -2.46. The van der Waals surface area contributed by atoms with Gasteiger partial charge < -0.3 is 16.4 Å². The maximum Gasteiger partial charge on any atom is 0.239 e. The third-order valence-electron chi connectivity index (χ3n) is 2.51. The Balaban J connectivity index is 0.00000361. The quantitative estimate of drug-likeness (QED) is 0.720. The average molecular weight is 300 g/mol. The topological polar surface area (TPSA) is 84.2 Å². The highest BCUT2D eigenvalue weighted by molar-refractivity contribution is 5.87. The van der Waals surface area contributed by atoms with Crippen LogP contribution in [-0.2, 0) is 16.0 Å². The van der Waals surface area contributed by atoms with Gasteiger partial charge >= 0.3 is 0 Å². The monoisotopic (exact) mass is 299 g/mol. The van der Waals surface area contributed by atoms with Gasteiger partial charge in [-0.3, -0.25) is 9.59 Å². The van der Waals surface area contributed by atoms with E-state index >= 15 is 0 Å². The van der Waals surface area contributed by atoms with E-state index in [0.29, 0.717) is 6.42 Å². The van der Waals surface area contributed by atoms with Gasteiger partial charge in [0, 0.05) is 6.04 Å². The van der Waals surface area contributed by atoms with Gasteiger partial charge in [-0.2, -0.15) is 0 Å². The molecule has 2 amide bonds. The molecule has 0 aliphatic carbocycles. The highest BCUT2D eigenvalue weighted by atomic mass is 35.5. The van der Waals surface area contributed by atoms with E-state index in [9.17, 15) is 9.59 Å². The number of carbonyl (C=O) groups is 2. The normalized spacial score (nSPS) is 11.4. The summed E-state index contributed by atoms with van der Waals surface area (Å²) >= 11 is 0. The van der Waals surface area contributed by atoms with E-state index in [2.05, 4.69) is 10.6 Å². The molecule has 1 aromatic rings. The lowest BCUT2D eigenvalue weighted by molar-refractivity contribution is -0.127. The van der Waals surface area contributed by atoms with Crippen LogP contribution in [0.1, 0.15) is 19.4 Å². The van der Waals surface area contributed by atoms with E-state index in [1.807, 2.05) is 44.2 Å². The van der Waals surface area contributed by atoms with Crippen molar-refractivity contribution in [2.24, 2.45) is 5.73 Å². The van der Waals surface area contributed by atoms with Crippen molar-refractivity contribution in [2.75, 3.05) is 6.54 Å². The van der Waals surface area contributed by atoms with Crippen molar-refractivity contribution in [3.63, 3.8) is 0 Å². The Morgan fingerprint density at radius 3 is 2.35 bits per heavy atom. The third kappa shape index (κ3) is 7.11. The molecule has 1 atom stereocenters. The molecule has 112 valence electrons. The molecule has 0 fully saturated rings. The van der Waals surface area contributed by atoms with Crippen LogP contribution in [0.15, 0.2) is 30.3 Å². The molecule has 0 aromatic heterocycles. The molecule has 0 radical (unpaired) electrons. The van der Waals surface area contributed by atoms with Crippen LogP contribution in [0.2, 0.25) is 0 Å². The van der Waals surface area contributed by atoms with Gasteiger partial charge in [0.15, 0.2) is 0 Å². The second-order valence-corrected chi connectivity index (χ2v) is 4.74. The number of hydrogen-bond donors (Lipinski definition) is 3. The lowest BCUT2D eigenvalue weighted by atomic mass is 10.1. The van der Waals surface area contributed by atoms with Gasteiger partial charge in [-0.15, -0.1) is 12.4 Å². The summed E-state index contributed by atoms with van der Waals surface area (Å²) in [6.07, 6.45) is 0.457.